The molecular weight excluding hydrogens is 508 g/mol. The summed E-state index contributed by atoms with van der Waals surface area (Å²) in [4.78, 5) is 28.1. The zero-order valence-electron chi connectivity index (χ0n) is 23.0. The van der Waals surface area contributed by atoms with Crippen LogP contribution in [0, 0.1) is 0 Å². The molecular formula is C33H39ClN2O3. The fourth-order valence-electron chi connectivity index (χ4n) is 5.55. The van der Waals surface area contributed by atoms with Crippen molar-refractivity contribution in [3.8, 4) is 11.1 Å². The minimum atomic E-state index is -0.254. The van der Waals surface area contributed by atoms with Crippen molar-refractivity contribution in [2.45, 2.75) is 57.4 Å². The van der Waals surface area contributed by atoms with Gasteiger partial charge in [-0.2, -0.15) is 0 Å². The van der Waals surface area contributed by atoms with Crippen molar-refractivity contribution in [3.05, 3.63) is 95.0 Å². The van der Waals surface area contributed by atoms with Crippen LogP contribution in [-0.4, -0.2) is 49.1 Å². The zero-order valence-corrected chi connectivity index (χ0v) is 23.8. The predicted octanol–water partition coefficient (Wildman–Crippen LogP) is 6.89. The van der Waals surface area contributed by atoms with Crippen molar-refractivity contribution >= 4 is 23.5 Å². The fraction of sp³-hybridized carbons (Fsp3) is 0.394. The molecule has 6 heteroatoms. The fourth-order valence-corrected chi connectivity index (χ4v) is 5.74. The van der Waals surface area contributed by atoms with Gasteiger partial charge in [-0.3, -0.25) is 9.59 Å². The van der Waals surface area contributed by atoms with Crippen LogP contribution in [0.3, 0.4) is 0 Å². The molecule has 0 saturated carbocycles. The number of nitrogens with zero attached hydrogens (tertiary/aromatic N) is 1. The Labute approximate surface area is 237 Å². The summed E-state index contributed by atoms with van der Waals surface area (Å²) in [5, 5.41) is 3.92. The van der Waals surface area contributed by atoms with E-state index in [2.05, 4.69) is 29.3 Å². The number of carbonyl (C=O) groups excluding carboxylic acids is 2. The molecule has 1 saturated heterocycles. The normalized spacial score (nSPS) is 15.9. The van der Waals surface area contributed by atoms with Gasteiger partial charge in [0.1, 0.15) is 0 Å². The van der Waals surface area contributed by atoms with Crippen LogP contribution in [0.4, 0.5) is 0 Å². The van der Waals surface area contributed by atoms with E-state index in [-0.39, 0.29) is 23.3 Å². The second-order valence-electron chi connectivity index (χ2n) is 10.7. The Morgan fingerprint density at radius 1 is 1.00 bits per heavy atom. The molecule has 3 aromatic rings. The van der Waals surface area contributed by atoms with Crippen molar-refractivity contribution in [2.24, 2.45) is 0 Å². The molecule has 0 radical (unpaired) electrons. The number of carbonyl (C=O) groups is 2. The lowest BCUT2D eigenvalue weighted by Crippen LogP contribution is -2.45. The number of ether oxygens (including phenoxy) is 1. The van der Waals surface area contributed by atoms with E-state index in [0.717, 1.165) is 56.4 Å². The summed E-state index contributed by atoms with van der Waals surface area (Å²) in [7, 11) is 0. The van der Waals surface area contributed by atoms with Crippen LogP contribution in [0.25, 0.3) is 11.1 Å². The Morgan fingerprint density at radius 2 is 1.72 bits per heavy atom. The van der Waals surface area contributed by atoms with Gasteiger partial charge < -0.3 is 15.0 Å². The van der Waals surface area contributed by atoms with Gasteiger partial charge >= 0.3 is 5.97 Å². The largest absolute Gasteiger partial charge is 0.466 e. The molecule has 1 fully saturated rings. The van der Waals surface area contributed by atoms with Gasteiger partial charge in [0.2, 0.25) is 0 Å². The molecule has 0 spiro atoms. The lowest BCUT2D eigenvalue weighted by Gasteiger charge is -2.34. The second-order valence-corrected chi connectivity index (χ2v) is 11.1. The Hall–Kier alpha value is -3.15. The van der Waals surface area contributed by atoms with Crippen LogP contribution in [0.5, 0.6) is 0 Å². The summed E-state index contributed by atoms with van der Waals surface area (Å²) in [5.74, 6) is -0.182. The average molecular weight is 547 g/mol. The SMILES string of the molecule is CCOC(=O)CC(C)(CCCN1CCC(NC(=O)c2ccccc2-c2cccc(Cl)c2)CC1)c1ccccc1. The van der Waals surface area contributed by atoms with Gasteiger partial charge in [0.15, 0.2) is 0 Å². The van der Waals surface area contributed by atoms with Crippen LogP contribution in [0.15, 0.2) is 78.9 Å². The summed E-state index contributed by atoms with van der Waals surface area (Å²) in [6, 6.07) is 25.7. The van der Waals surface area contributed by atoms with Crippen molar-refractivity contribution < 1.29 is 14.3 Å². The van der Waals surface area contributed by atoms with Gasteiger partial charge in [-0.1, -0.05) is 79.2 Å². The zero-order chi connectivity index (χ0) is 27.7. The number of hydrogen-bond donors (Lipinski definition) is 1. The highest BCUT2D eigenvalue weighted by Gasteiger charge is 2.30. The maximum atomic E-state index is 13.2. The Balaban J connectivity index is 1.29. The summed E-state index contributed by atoms with van der Waals surface area (Å²) in [5.41, 5.74) is 3.42. The summed E-state index contributed by atoms with van der Waals surface area (Å²) in [6.07, 6.45) is 4.13. The van der Waals surface area contributed by atoms with E-state index in [1.807, 2.05) is 73.7 Å². The minimum absolute atomic E-state index is 0.0402. The summed E-state index contributed by atoms with van der Waals surface area (Å²) < 4.78 is 5.28. The lowest BCUT2D eigenvalue weighted by molar-refractivity contribution is -0.144. The number of amides is 1. The topological polar surface area (TPSA) is 58.6 Å². The van der Waals surface area contributed by atoms with Crippen molar-refractivity contribution in [1.82, 2.24) is 10.2 Å². The summed E-state index contributed by atoms with van der Waals surface area (Å²) >= 11 is 6.20. The van der Waals surface area contributed by atoms with E-state index in [0.29, 0.717) is 23.6 Å². The van der Waals surface area contributed by atoms with Gasteiger partial charge in [-0.15, -0.1) is 0 Å². The molecule has 1 aliphatic rings. The van der Waals surface area contributed by atoms with Crippen LogP contribution in [-0.2, 0) is 14.9 Å². The number of hydrogen-bond acceptors (Lipinski definition) is 4. The molecule has 39 heavy (non-hydrogen) atoms. The first-order chi connectivity index (χ1) is 18.9. The van der Waals surface area contributed by atoms with E-state index in [4.69, 9.17) is 16.3 Å². The molecule has 0 aromatic heterocycles. The summed E-state index contributed by atoms with van der Waals surface area (Å²) in [6.45, 7) is 7.29. The number of nitrogens with one attached hydrogen (secondary N) is 1. The quantitative estimate of drug-likeness (QED) is 0.266. The number of rotatable bonds is 11. The number of piperidine rings is 1. The molecule has 4 rings (SSSR count). The van der Waals surface area contributed by atoms with Gasteiger partial charge in [-0.25, -0.2) is 0 Å². The number of benzene rings is 3. The van der Waals surface area contributed by atoms with Crippen LogP contribution in [0.2, 0.25) is 5.02 Å². The highest BCUT2D eigenvalue weighted by Crippen LogP contribution is 2.33. The maximum absolute atomic E-state index is 13.2. The van der Waals surface area contributed by atoms with Crippen molar-refractivity contribution in [3.63, 3.8) is 0 Å². The Bertz CT molecular complexity index is 1240. The smallest absolute Gasteiger partial charge is 0.306 e. The second kappa shape index (κ2) is 13.8. The van der Waals surface area contributed by atoms with E-state index in [1.165, 1.54) is 5.56 Å². The minimum Gasteiger partial charge on any atom is -0.466 e. The van der Waals surface area contributed by atoms with Crippen molar-refractivity contribution in [2.75, 3.05) is 26.2 Å². The molecule has 0 aliphatic carbocycles. The van der Waals surface area contributed by atoms with Gasteiger partial charge in [-0.05, 0) is 74.0 Å². The highest BCUT2D eigenvalue weighted by atomic mass is 35.5. The maximum Gasteiger partial charge on any atom is 0.306 e. The molecule has 1 atom stereocenters. The Morgan fingerprint density at radius 3 is 2.44 bits per heavy atom. The molecule has 5 nitrogen and oxygen atoms in total. The molecule has 1 amide bonds. The van der Waals surface area contributed by atoms with E-state index < -0.39 is 0 Å². The van der Waals surface area contributed by atoms with Crippen molar-refractivity contribution in [1.29, 1.82) is 0 Å². The molecule has 1 unspecified atom stereocenters. The first-order valence-electron chi connectivity index (χ1n) is 14.0. The first kappa shape index (κ1) is 28.8. The number of halogens is 1. The third kappa shape index (κ3) is 7.93. The predicted molar refractivity (Wildman–Crippen MR) is 158 cm³/mol. The molecule has 1 N–H and O–H groups in total. The molecule has 0 bridgehead atoms. The van der Waals surface area contributed by atoms with Crippen LogP contribution >= 0.6 is 11.6 Å². The van der Waals surface area contributed by atoms with Gasteiger partial charge in [0.05, 0.1) is 13.0 Å². The first-order valence-corrected chi connectivity index (χ1v) is 14.3. The average Bonchev–Trinajstić information content (AvgIpc) is 2.94. The van der Waals surface area contributed by atoms with E-state index >= 15 is 0 Å². The molecule has 1 aliphatic heterocycles. The standard InChI is InChI=1S/C33H39ClN2O3/c1-3-39-31(37)24-33(2,26-12-5-4-6-13-26)19-10-20-36-21-17-28(18-22-36)35-32(38)30-16-8-7-15-29(30)25-11-9-14-27(34)23-25/h4-9,11-16,23,28H,3,10,17-22,24H2,1-2H3,(H,35,38). The molecule has 206 valence electrons. The number of esters is 1. The third-order valence-electron chi connectivity index (χ3n) is 7.74. The van der Waals surface area contributed by atoms with Crippen LogP contribution in [0.1, 0.15) is 61.9 Å². The Kier molecular flexibility index (Phi) is 10.2. The lowest BCUT2D eigenvalue weighted by atomic mass is 9.76. The number of likely N-dealkylation sites (tertiary alicyclic amines) is 1. The highest BCUT2D eigenvalue weighted by molar-refractivity contribution is 6.30. The van der Waals surface area contributed by atoms with Gasteiger partial charge in [0, 0.05) is 35.1 Å². The molecule has 1 heterocycles. The van der Waals surface area contributed by atoms with E-state index in [1.54, 1.807) is 0 Å². The third-order valence-corrected chi connectivity index (χ3v) is 7.98. The van der Waals surface area contributed by atoms with Crippen LogP contribution < -0.4 is 5.32 Å². The molecule has 3 aromatic carbocycles. The van der Waals surface area contributed by atoms with Gasteiger partial charge in [0.25, 0.3) is 5.91 Å². The van der Waals surface area contributed by atoms with E-state index in [9.17, 15) is 9.59 Å². The monoisotopic (exact) mass is 546 g/mol.